The van der Waals surface area contributed by atoms with Crippen molar-refractivity contribution in [2.24, 2.45) is 5.92 Å². The largest absolute Gasteiger partial charge is 0.480 e. The molecule has 1 aromatic carbocycles. The van der Waals surface area contributed by atoms with Crippen LogP contribution in [0.25, 0.3) is 0 Å². The van der Waals surface area contributed by atoms with Gasteiger partial charge in [-0.1, -0.05) is 44.2 Å². The van der Waals surface area contributed by atoms with Crippen molar-refractivity contribution in [3.8, 4) is 0 Å². The van der Waals surface area contributed by atoms with Crippen LogP contribution in [0.15, 0.2) is 30.3 Å². The molecule has 0 fully saturated rings. The van der Waals surface area contributed by atoms with E-state index in [1.807, 2.05) is 30.3 Å². The van der Waals surface area contributed by atoms with Gasteiger partial charge in [-0.2, -0.15) is 0 Å². The molecule has 0 saturated heterocycles. The lowest BCUT2D eigenvalue weighted by atomic mass is 10.0. The maximum atomic E-state index is 12.3. The van der Waals surface area contributed by atoms with Crippen molar-refractivity contribution < 1.29 is 19.5 Å². The summed E-state index contributed by atoms with van der Waals surface area (Å²) in [4.78, 5) is 34.9. The van der Waals surface area contributed by atoms with Crippen LogP contribution >= 0.6 is 0 Å². The van der Waals surface area contributed by atoms with Crippen molar-refractivity contribution in [2.45, 2.75) is 52.1 Å². The van der Waals surface area contributed by atoms with Crippen LogP contribution in [0, 0.1) is 5.92 Å². The Hall–Kier alpha value is -2.37. The summed E-state index contributed by atoms with van der Waals surface area (Å²) in [6.45, 7) is 4.92. The minimum absolute atomic E-state index is 0.132. The van der Waals surface area contributed by atoms with Gasteiger partial charge < -0.3 is 15.7 Å². The van der Waals surface area contributed by atoms with Gasteiger partial charge >= 0.3 is 5.97 Å². The van der Waals surface area contributed by atoms with E-state index in [0.29, 0.717) is 12.8 Å². The highest BCUT2D eigenvalue weighted by atomic mass is 16.4. The standard InChI is InChI=1S/C18H26N2O4/c1-12(2)16(19-13(3)21)17(22)20-15(18(23)24)11-7-10-14-8-5-4-6-9-14/h4-6,8-9,12,15-16H,7,10-11H2,1-3H3,(H,19,21)(H,20,22)(H,23,24)/t15-,16+/m0/s1. The Bertz CT molecular complexity index is 557. The van der Waals surface area contributed by atoms with Crippen LogP contribution in [0.4, 0.5) is 0 Å². The van der Waals surface area contributed by atoms with Crippen LogP contribution in [0.1, 0.15) is 39.2 Å². The number of rotatable bonds is 9. The molecular weight excluding hydrogens is 308 g/mol. The molecule has 0 aliphatic heterocycles. The highest BCUT2D eigenvalue weighted by Gasteiger charge is 2.27. The number of carboxylic acid groups (broad SMARTS) is 1. The van der Waals surface area contributed by atoms with Gasteiger partial charge in [-0.05, 0) is 30.7 Å². The highest BCUT2D eigenvalue weighted by molar-refractivity contribution is 5.90. The van der Waals surface area contributed by atoms with Gasteiger partial charge in [0.1, 0.15) is 12.1 Å². The van der Waals surface area contributed by atoms with Gasteiger partial charge in [0.15, 0.2) is 0 Å². The molecule has 1 rings (SSSR count). The number of nitrogens with one attached hydrogen (secondary N) is 2. The fourth-order valence-electron chi connectivity index (χ4n) is 2.43. The molecule has 0 aromatic heterocycles. The lowest BCUT2D eigenvalue weighted by molar-refractivity contribution is -0.142. The SMILES string of the molecule is CC(=O)N[C@@H](C(=O)N[C@@H](CCCc1ccccc1)C(=O)O)C(C)C. The number of aliphatic carboxylic acids is 1. The number of carbonyl (C=O) groups excluding carboxylic acids is 2. The van der Waals surface area contributed by atoms with Gasteiger partial charge in [0.05, 0.1) is 0 Å². The summed E-state index contributed by atoms with van der Waals surface area (Å²) >= 11 is 0. The zero-order valence-electron chi connectivity index (χ0n) is 14.4. The zero-order chi connectivity index (χ0) is 18.1. The minimum atomic E-state index is -1.07. The second kappa shape index (κ2) is 9.70. The van der Waals surface area contributed by atoms with E-state index in [0.717, 1.165) is 12.0 Å². The van der Waals surface area contributed by atoms with Gasteiger partial charge in [0.2, 0.25) is 11.8 Å². The average Bonchev–Trinajstić information content (AvgIpc) is 2.51. The van der Waals surface area contributed by atoms with Crippen LogP contribution in [0.3, 0.4) is 0 Å². The fraction of sp³-hybridized carbons (Fsp3) is 0.500. The van der Waals surface area contributed by atoms with E-state index in [1.54, 1.807) is 13.8 Å². The normalized spacial score (nSPS) is 13.2. The van der Waals surface area contributed by atoms with Gasteiger partial charge in [-0.3, -0.25) is 9.59 Å². The molecule has 0 heterocycles. The highest BCUT2D eigenvalue weighted by Crippen LogP contribution is 2.08. The molecule has 0 radical (unpaired) electrons. The molecule has 132 valence electrons. The molecule has 6 nitrogen and oxygen atoms in total. The molecule has 0 spiro atoms. The first-order chi connectivity index (χ1) is 11.3. The number of amides is 2. The van der Waals surface area contributed by atoms with Crippen molar-refractivity contribution in [3.63, 3.8) is 0 Å². The van der Waals surface area contributed by atoms with Crippen LogP contribution < -0.4 is 10.6 Å². The van der Waals surface area contributed by atoms with E-state index in [2.05, 4.69) is 10.6 Å². The van der Waals surface area contributed by atoms with Crippen LogP contribution in [0.2, 0.25) is 0 Å². The van der Waals surface area contributed by atoms with E-state index in [9.17, 15) is 19.5 Å². The molecule has 6 heteroatoms. The predicted molar refractivity (Wildman–Crippen MR) is 91.4 cm³/mol. The summed E-state index contributed by atoms with van der Waals surface area (Å²) in [7, 11) is 0. The number of hydrogen-bond donors (Lipinski definition) is 3. The van der Waals surface area contributed by atoms with Gasteiger partial charge in [-0.25, -0.2) is 4.79 Å². The summed E-state index contributed by atoms with van der Waals surface area (Å²) in [6.07, 6.45) is 1.73. The number of hydrogen-bond acceptors (Lipinski definition) is 3. The topological polar surface area (TPSA) is 95.5 Å². The second-order valence-electron chi connectivity index (χ2n) is 6.20. The van der Waals surface area contributed by atoms with Crippen molar-refractivity contribution in [1.29, 1.82) is 0 Å². The molecule has 0 bridgehead atoms. The lowest BCUT2D eigenvalue weighted by Gasteiger charge is -2.23. The third-order valence-corrected chi connectivity index (χ3v) is 3.72. The van der Waals surface area contributed by atoms with Crippen molar-refractivity contribution in [2.75, 3.05) is 0 Å². The Morgan fingerprint density at radius 3 is 2.21 bits per heavy atom. The second-order valence-corrected chi connectivity index (χ2v) is 6.20. The number of carboxylic acids is 1. The Kier molecular flexibility index (Phi) is 7.95. The summed E-state index contributed by atoms with van der Waals surface area (Å²) in [5.41, 5.74) is 1.13. The van der Waals surface area contributed by atoms with E-state index in [1.165, 1.54) is 6.92 Å². The predicted octanol–water partition coefficient (Wildman–Crippen LogP) is 1.74. The molecule has 2 atom stereocenters. The average molecular weight is 334 g/mol. The third-order valence-electron chi connectivity index (χ3n) is 3.72. The Balaban J connectivity index is 2.59. The summed E-state index contributed by atoms with van der Waals surface area (Å²) in [6, 6.07) is 8.08. The number of carbonyl (C=O) groups is 3. The molecule has 0 saturated carbocycles. The monoisotopic (exact) mass is 334 g/mol. The van der Waals surface area contributed by atoms with Gasteiger partial charge in [-0.15, -0.1) is 0 Å². The Labute approximate surface area is 142 Å². The van der Waals surface area contributed by atoms with E-state index in [-0.39, 0.29) is 11.8 Å². The quantitative estimate of drug-likeness (QED) is 0.641. The van der Waals surface area contributed by atoms with E-state index >= 15 is 0 Å². The lowest BCUT2D eigenvalue weighted by Crippen LogP contribution is -2.53. The van der Waals surface area contributed by atoms with Crippen LogP contribution in [0.5, 0.6) is 0 Å². The first-order valence-electron chi connectivity index (χ1n) is 8.15. The van der Waals surface area contributed by atoms with Crippen molar-refractivity contribution in [1.82, 2.24) is 10.6 Å². The molecule has 0 aliphatic rings. The van der Waals surface area contributed by atoms with Gasteiger partial charge in [0, 0.05) is 6.92 Å². The first kappa shape index (κ1) is 19.7. The Morgan fingerprint density at radius 1 is 1.08 bits per heavy atom. The molecule has 1 aromatic rings. The fourth-order valence-corrected chi connectivity index (χ4v) is 2.43. The minimum Gasteiger partial charge on any atom is -0.480 e. The maximum Gasteiger partial charge on any atom is 0.326 e. The molecule has 3 N–H and O–H groups in total. The molecule has 2 amide bonds. The number of aryl methyl sites for hydroxylation is 1. The maximum absolute atomic E-state index is 12.3. The molecule has 0 unspecified atom stereocenters. The summed E-state index contributed by atoms with van der Waals surface area (Å²) < 4.78 is 0. The molecule has 24 heavy (non-hydrogen) atoms. The van der Waals surface area contributed by atoms with Crippen molar-refractivity contribution in [3.05, 3.63) is 35.9 Å². The summed E-state index contributed by atoms with van der Waals surface area (Å²) in [5, 5.41) is 14.4. The van der Waals surface area contributed by atoms with E-state index in [4.69, 9.17) is 0 Å². The first-order valence-corrected chi connectivity index (χ1v) is 8.15. The van der Waals surface area contributed by atoms with Crippen LogP contribution in [-0.4, -0.2) is 35.0 Å². The van der Waals surface area contributed by atoms with E-state index < -0.39 is 24.0 Å². The molecule has 0 aliphatic carbocycles. The van der Waals surface area contributed by atoms with Crippen LogP contribution in [-0.2, 0) is 20.8 Å². The zero-order valence-corrected chi connectivity index (χ0v) is 14.4. The third kappa shape index (κ3) is 6.81. The van der Waals surface area contributed by atoms with Crippen molar-refractivity contribution >= 4 is 17.8 Å². The smallest absolute Gasteiger partial charge is 0.326 e. The summed E-state index contributed by atoms with van der Waals surface area (Å²) in [5.74, 6) is -1.98. The Morgan fingerprint density at radius 2 is 1.71 bits per heavy atom. The number of benzene rings is 1. The van der Waals surface area contributed by atoms with Gasteiger partial charge in [0.25, 0.3) is 0 Å². The molecular formula is C18H26N2O4.